The van der Waals surface area contributed by atoms with E-state index >= 15 is 0 Å². The normalized spacial score (nSPS) is 12.1. The molecule has 0 aliphatic carbocycles. The van der Waals surface area contributed by atoms with Gasteiger partial charge in [-0.3, -0.25) is 0 Å². The van der Waals surface area contributed by atoms with Crippen molar-refractivity contribution in [3.63, 3.8) is 0 Å². The van der Waals surface area contributed by atoms with Gasteiger partial charge in [-0.15, -0.1) is 0 Å². The van der Waals surface area contributed by atoms with Gasteiger partial charge in [0.1, 0.15) is 0 Å². The summed E-state index contributed by atoms with van der Waals surface area (Å²) in [6.45, 7) is 0. The number of nitrogens with zero attached hydrogens (tertiary/aromatic N) is 2. The van der Waals surface area contributed by atoms with Crippen molar-refractivity contribution in [2.45, 2.75) is 4.30 Å². The van der Waals surface area contributed by atoms with Crippen molar-refractivity contribution >= 4 is 81.2 Å². The third-order valence-corrected chi connectivity index (χ3v) is 4.04. The molecule has 0 saturated carbocycles. The van der Waals surface area contributed by atoms with E-state index in [1.165, 1.54) is 0 Å². The lowest BCUT2D eigenvalue weighted by molar-refractivity contribution is 1.28. The smallest absolute Gasteiger partial charge is 0.180 e. The summed E-state index contributed by atoms with van der Waals surface area (Å²) in [5, 5.41) is 0. The summed E-state index contributed by atoms with van der Waals surface area (Å²) < 4.78 is -0.750. The number of aromatic nitrogens is 4. The lowest BCUT2D eigenvalue weighted by Gasteiger charge is -1.86. The molecule has 2 aliphatic heterocycles. The van der Waals surface area contributed by atoms with Gasteiger partial charge in [-0.2, -0.15) is 0 Å². The average molecular weight is 430 g/mol. The fourth-order valence-corrected chi connectivity index (χ4v) is 2.94. The zero-order valence-corrected chi connectivity index (χ0v) is 16.8. The standard InChI is InChI=1S/C20H14N4.CHCl3/c1-2-14-10-16-5-6-18(23-16)12-20-8-7-19(24-20)11-17-4-3-15(22-17)9-13(1)21-14;2-1(3)4/h1-12,21-22H;1H. The van der Waals surface area contributed by atoms with Gasteiger partial charge in [-0.1, -0.05) is 34.8 Å². The number of hydrogen-bond acceptors (Lipinski definition) is 2. The van der Waals surface area contributed by atoms with E-state index in [9.17, 15) is 0 Å². The quantitative estimate of drug-likeness (QED) is 0.271. The van der Waals surface area contributed by atoms with Crippen LogP contribution >= 0.6 is 34.8 Å². The Morgan fingerprint density at radius 2 is 0.857 bits per heavy atom. The van der Waals surface area contributed by atoms with Crippen LogP contribution < -0.4 is 0 Å². The Labute approximate surface area is 176 Å². The van der Waals surface area contributed by atoms with Crippen molar-refractivity contribution in [1.82, 2.24) is 19.9 Å². The van der Waals surface area contributed by atoms with Gasteiger partial charge in [0.05, 0.1) is 22.8 Å². The monoisotopic (exact) mass is 428 g/mol. The molecule has 4 nitrogen and oxygen atoms in total. The minimum absolute atomic E-state index is 0.750. The summed E-state index contributed by atoms with van der Waals surface area (Å²) in [6.07, 6.45) is 8.05. The van der Waals surface area contributed by atoms with Crippen molar-refractivity contribution in [3.8, 4) is 0 Å². The molecule has 5 rings (SSSR count). The molecule has 2 aliphatic rings. The predicted octanol–water partition coefficient (Wildman–Crippen LogP) is 6.64. The molecule has 7 heteroatoms. The minimum Gasteiger partial charge on any atom is -0.355 e. The number of alkyl halides is 3. The van der Waals surface area contributed by atoms with Crippen LogP contribution in [0.2, 0.25) is 0 Å². The van der Waals surface area contributed by atoms with E-state index in [0.29, 0.717) is 0 Å². The molecule has 8 bridgehead atoms. The summed E-state index contributed by atoms with van der Waals surface area (Å²) >= 11 is 14.4. The number of aromatic amines is 2. The van der Waals surface area contributed by atoms with Gasteiger partial charge in [0.25, 0.3) is 0 Å². The van der Waals surface area contributed by atoms with Crippen molar-refractivity contribution < 1.29 is 0 Å². The van der Waals surface area contributed by atoms with Crippen molar-refractivity contribution in [3.05, 3.63) is 71.3 Å². The molecule has 0 spiro atoms. The zero-order valence-electron chi connectivity index (χ0n) is 14.5. The van der Waals surface area contributed by atoms with Gasteiger partial charge in [-0.25, -0.2) is 9.97 Å². The van der Waals surface area contributed by atoms with Crippen LogP contribution in [0.4, 0.5) is 0 Å². The predicted molar refractivity (Wildman–Crippen MR) is 120 cm³/mol. The highest BCUT2D eigenvalue weighted by Crippen LogP contribution is 2.17. The molecule has 5 heterocycles. The van der Waals surface area contributed by atoms with E-state index in [2.05, 4.69) is 50.3 Å². The average Bonchev–Trinajstić information content (AvgIpc) is 3.39. The summed E-state index contributed by atoms with van der Waals surface area (Å²) in [5.74, 6) is 0. The lowest BCUT2D eigenvalue weighted by atomic mass is 10.3. The maximum atomic E-state index is 4.81. The number of halogens is 3. The molecular formula is C21H15Cl3N4. The minimum atomic E-state index is -0.750. The molecule has 2 N–H and O–H groups in total. The Bertz CT molecular complexity index is 1130. The van der Waals surface area contributed by atoms with Gasteiger partial charge in [0, 0.05) is 22.1 Å². The van der Waals surface area contributed by atoms with Crippen LogP contribution in [0, 0.1) is 0 Å². The summed E-state index contributed by atoms with van der Waals surface area (Å²) in [4.78, 5) is 16.0. The topological polar surface area (TPSA) is 57.4 Å². The van der Waals surface area contributed by atoms with E-state index in [-0.39, 0.29) is 0 Å². The second-order valence-electron chi connectivity index (χ2n) is 6.15. The molecule has 3 aromatic heterocycles. The Morgan fingerprint density at radius 1 is 0.536 bits per heavy atom. The van der Waals surface area contributed by atoms with Crippen LogP contribution in [0.25, 0.3) is 46.4 Å². The van der Waals surface area contributed by atoms with E-state index in [1.54, 1.807) is 0 Å². The fraction of sp³-hybridized carbons (Fsp3) is 0.0476. The molecule has 0 unspecified atom stereocenters. The van der Waals surface area contributed by atoms with Crippen molar-refractivity contribution in [2.24, 2.45) is 0 Å². The second kappa shape index (κ2) is 8.23. The second-order valence-corrected chi connectivity index (χ2v) is 8.13. The fourth-order valence-electron chi connectivity index (χ4n) is 2.94. The first-order valence-corrected chi connectivity index (χ1v) is 9.81. The van der Waals surface area contributed by atoms with Crippen LogP contribution in [0.1, 0.15) is 22.8 Å². The van der Waals surface area contributed by atoms with E-state index < -0.39 is 4.30 Å². The van der Waals surface area contributed by atoms with Crippen LogP contribution in [0.3, 0.4) is 0 Å². The number of hydrogen-bond donors (Lipinski definition) is 2. The molecule has 28 heavy (non-hydrogen) atoms. The SMILES string of the molecule is C1=Cc2cc3ccc(cc4ccc(cc5nc(cc1n2)C=C5)[nH]4)[nH]3.ClC(Cl)Cl. The summed E-state index contributed by atoms with van der Waals surface area (Å²) in [5.41, 5.74) is 7.86. The molecule has 0 atom stereocenters. The van der Waals surface area contributed by atoms with Crippen molar-refractivity contribution in [1.29, 1.82) is 0 Å². The maximum Gasteiger partial charge on any atom is 0.180 e. The van der Waals surface area contributed by atoms with Gasteiger partial charge in [0.15, 0.2) is 4.30 Å². The molecular weight excluding hydrogens is 415 g/mol. The molecule has 0 saturated heterocycles. The number of H-pyrrole nitrogens is 2. The number of rotatable bonds is 0. The molecule has 0 fully saturated rings. The largest absolute Gasteiger partial charge is 0.355 e. The van der Waals surface area contributed by atoms with Crippen molar-refractivity contribution in [2.75, 3.05) is 0 Å². The summed E-state index contributed by atoms with van der Waals surface area (Å²) in [7, 11) is 0. The van der Waals surface area contributed by atoms with Crippen LogP contribution in [0.5, 0.6) is 0 Å². The number of nitrogens with one attached hydrogen (secondary N) is 2. The van der Waals surface area contributed by atoms with E-state index in [1.807, 2.05) is 42.5 Å². The third kappa shape index (κ3) is 4.84. The van der Waals surface area contributed by atoms with E-state index in [4.69, 9.17) is 34.8 Å². The van der Waals surface area contributed by atoms with E-state index in [0.717, 1.165) is 44.8 Å². The number of fused-ring (bicyclic) bond motifs is 8. The Balaban J connectivity index is 0.000000442. The van der Waals surface area contributed by atoms with Gasteiger partial charge >= 0.3 is 0 Å². The zero-order chi connectivity index (χ0) is 19.5. The highest BCUT2D eigenvalue weighted by Gasteiger charge is 2.02. The third-order valence-electron chi connectivity index (χ3n) is 4.04. The Hall–Kier alpha value is -2.53. The van der Waals surface area contributed by atoms with Crippen LogP contribution in [-0.2, 0) is 0 Å². The molecule has 0 amide bonds. The first kappa shape index (κ1) is 18.8. The first-order chi connectivity index (χ1) is 13.5. The highest BCUT2D eigenvalue weighted by atomic mass is 35.6. The van der Waals surface area contributed by atoms with Gasteiger partial charge in [0.2, 0.25) is 0 Å². The lowest BCUT2D eigenvalue weighted by Crippen LogP contribution is -1.77. The molecule has 0 radical (unpaired) electrons. The molecule has 3 aromatic rings. The van der Waals surface area contributed by atoms with Gasteiger partial charge in [-0.05, 0) is 72.8 Å². The first-order valence-electron chi connectivity index (χ1n) is 8.50. The highest BCUT2D eigenvalue weighted by molar-refractivity contribution is 6.63. The Kier molecular flexibility index (Phi) is 5.53. The van der Waals surface area contributed by atoms with Crippen LogP contribution in [-0.4, -0.2) is 24.2 Å². The maximum absolute atomic E-state index is 4.81. The molecule has 0 aromatic carbocycles. The summed E-state index contributed by atoms with van der Waals surface area (Å²) in [6, 6.07) is 16.4. The Morgan fingerprint density at radius 3 is 1.25 bits per heavy atom. The van der Waals surface area contributed by atoms with Gasteiger partial charge < -0.3 is 9.97 Å². The van der Waals surface area contributed by atoms with Crippen LogP contribution in [0.15, 0.2) is 48.5 Å². The molecule has 140 valence electrons.